The summed E-state index contributed by atoms with van der Waals surface area (Å²) >= 11 is 6.49. The minimum atomic E-state index is 0. The molecule has 0 N–H and O–H groups in total. The third kappa shape index (κ3) is 5.23. The van der Waals surface area contributed by atoms with Gasteiger partial charge >= 0.3 is 0 Å². The highest BCUT2D eigenvalue weighted by atomic mass is 35.5. The summed E-state index contributed by atoms with van der Waals surface area (Å²) in [4.78, 5) is 7.93. The molecule has 0 spiro atoms. The molecule has 1 saturated heterocycles. The van der Waals surface area contributed by atoms with Gasteiger partial charge in [0.25, 0.3) is 0 Å². The van der Waals surface area contributed by atoms with Gasteiger partial charge < -0.3 is 4.84 Å². The van der Waals surface area contributed by atoms with Crippen LogP contribution in [0.1, 0.15) is 43.2 Å². The van der Waals surface area contributed by atoms with Gasteiger partial charge in [0.15, 0.2) is 0 Å². The van der Waals surface area contributed by atoms with E-state index in [0.717, 1.165) is 35.6 Å². The minimum absolute atomic E-state index is 0. The minimum Gasteiger partial charge on any atom is -0.394 e. The Morgan fingerprint density at radius 3 is 2.62 bits per heavy atom. The van der Waals surface area contributed by atoms with Crippen molar-refractivity contribution in [1.82, 2.24) is 4.90 Å². The molecule has 0 aromatic heterocycles. The van der Waals surface area contributed by atoms with Crippen LogP contribution in [0.4, 0.5) is 0 Å². The Bertz CT molecular complexity index is 578. The number of nitrogens with zero attached hydrogens (tertiary/aromatic N) is 2. The Labute approximate surface area is 156 Å². The maximum atomic E-state index is 6.49. The summed E-state index contributed by atoms with van der Waals surface area (Å²) in [5.41, 5.74) is 3.52. The molecule has 0 atom stereocenters. The largest absolute Gasteiger partial charge is 0.394 e. The van der Waals surface area contributed by atoms with Gasteiger partial charge in [0.1, 0.15) is 6.61 Å². The second kappa shape index (κ2) is 10.1. The fraction of sp³-hybridized carbons (Fsp3) is 0.526. The van der Waals surface area contributed by atoms with Gasteiger partial charge in [-0.1, -0.05) is 53.9 Å². The van der Waals surface area contributed by atoms with Gasteiger partial charge in [-0.2, -0.15) is 0 Å². The van der Waals surface area contributed by atoms with E-state index in [9.17, 15) is 0 Å². The van der Waals surface area contributed by atoms with Crippen molar-refractivity contribution in [2.75, 3.05) is 26.2 Å². The van der Waals surface area contributed by atoms with Crippen LogP contribution in [0.5, 0.6) is 0 Å². The number of aryl methyl sites for hydroxylation is 1. The number of hydrogen-bond donors (Lipinski definition) is 0. The molecular formula is C19H26Cl2N2O. The highest BCUT2D eigenvalue weighted by Crippen LogP contribution is 2.33. The predicted molar refractivity (Wildman–Crippen MR) is 104 cm³/mol. The molecule has 1 fully saturated rings. The lowest BCUT2D eigenvalue weighted by Gasteiger charge is -2.18. The first-order valence-electron chi connectivity index (χ1n) is 8.69. The fourth-order valence-electron chi connectivity index (χ4n) is 3.31. The summed E-state index contributed by atoms with van der Waals surface area (Å²) in [6.07, 6.45) is 9.08. The Morgan fingerprint density at radius 2 is 1.83 bits per heavy atom. The molecule has 5 heteroatoms. The number of oxime groups is 1. The summed E-state index contributed by atoms with van der Waals surface area (Å²) in [5.74, 6) is 0. The molecule has 1 aliphatic heterocycles. The summed E-state index contributed by atoms with van der Waals surface area (Å²) in [6.45, 7) is 4.01. The van der Waals surface area contributed by atoms with Crippen molar-refractivity contribution < 1.29 is 4.84 Å². The molecule has 1 heterocycles. The van der Waals surface area contributed by atoms with Crippen LogP contribution in [0.2, 0.25) is 0 Å². The molecule has 1 aromatic rings. The van der Waals surface area contributed by atoms with Crippen LogP contribution in [0.15, 0.2) is 35.0 Å². The zero-order valence-corrected chi connectivity index (χ0v) is 15.6. The van der Waals surface area contributed by atoms with Crippen LogP contribution in [-0.2, 0) is 11.3 Å². The van der Waals surface area contributed by atoms with E-state index in [4.69, 9.17) is 16.4 Å². The van der Waals surface area contributed by atoms with Crippen LogP contribution >= 0.6 is 24.0 Å². The van der Waals surface area contributed by atoms with Gasteiger partial charge in [0, 0.05) is 6.54 Å². The van der Waals surface area contributed by atoms with Crippen LogP contribution in [0.3, 0.4) is 0 Å². The highest BCUT2D eigenvalue weighted by molar-refractivity contribution is 6.50. The molecule has 0 bridgehead atoms. The van der Waals surface area contributed by atoms with Gasteiger partial charge in [-0.3, -0.25) is 4.90 Å². The molecule has 132 valence electrons. The predicted octanol–water partition coefficient (Wildman–Crippen LogP) is 4.88. The molecule has 0 saturated carbocycles. The van der Waals surface area contributed by atoms with Crippen molar-refractivity contribution in [3.05, 3.63) is 41.0 Å². The Balaban J connectivity index is 0.00000208. The standard InChI is InChI=1S/C19H25ClN2O.ClH/c20-19-17(10-9-16-7-3-4-8-18(16)19)15-21-23-14-13-22-11-5-1-2-6-12-22;/h3-4,7-8,15H,1-2,5-6,9-14H2;1H/b21-15+;. The first kappa shape index (κ1) is 19.3. The lowest BCUT2D eigenvalue weighted by molar-refractivity contribution is 0.113. The summed E-state index contributed by atoms with van der Waals surface area (Å²) in [5, 5.41) is 4.94. The van der Waals surface area contributed by atoms with E-state index in [0.29, 0.717) is 6.61 Å². The molecule has 1 aliphatic carbocycles. The molecule has 0 radical (unpaired) electrons. The first-order chi connectivity index (χ1) is 11.3. The lowest BCUT2D eigenvalue weighted by atomic mass is 9.92. The monoisotopic (exact) mass is 368 g/mol. The molecule has 0 amide bonds. The number of allylic oxidation sites excluding steroid dienone is 1. The van der Waals surface area contributed by atoms with Crippen LogP contribution < -0.4 is 0 Å². The summed E-state index contributed by atoms with van der Waals surface area (Å²) in [7, 11) is 0. The maximum absolute atomic E-state index is 6.49. The zero-order valence-electron chi connectivity index (χ0n) is 14.0. The van der Waals surface area contributed by atoms with E-state index in [-0.39, 0.29) is 12.4 Å². The number of rotatable bonds is 5. The van der Waals surface area contributed by atoms with Gasteiger partial charge in [0.05, 0.1) is 11.2 Å². The lowest BCUT2D eigenvalue weighted by Crippen LogP contribution is -2.28. The van der Waals surface area contributed by atoms with Gasteiger partial charge in [0.2, 0.25) is 0 Å². The van der Waals surface area contributed by atoms with Crippen LogP contribution in [0.25, 0.3) is 5.03 Å². The number of hydrogen-bond acceptors (Lipinski definition) is 3. The Hall–Kier alpha value is -1.03. The maximum Gasteiger partial charge on any atom is 0.129 e. The normalized spacial score (nSPS) is 18.9. The Kier molecular flexibility index (Phi) is 8.10. The molecule has 2 aliphatic rings. The molecular weight excluding hydrogens is 343 g/mol. The molecule has 1 aromatic carbocycles. The number of fused-ring (bicyclic) bond motifs is 1. The Morgan fingerprint density at radius 1 is 1.08 bits per heavy atom. The third-order valence-corrected chi connectivity index (χ3v) is 5.13. The van der Waals surface area contributed by atoms with E-state index in [1.54, 1.807) is 6.21 Å². The quantitative estimate of drug-likeness (QED) is 0.420. The summed E-state index contributed by atoms with van der Waals surface area (Å²) in [6, 6.07) is 8.31. The summed E-state index contributed by atoms with van der Waals surface area (Å²) < 4.78 is 0. The second-order valence-electron chi connectivity index (χ2n) is 6.32. The zero-order chi connectivity index (χ0) is 15.9. The van der Waals surface area contributed by atoms with Crippen molar-refractivity contribution in [2.45, 2.75) is 38.5 Å². The van der Waals surface area contributed by atoms with Crippen molar-refractivity contribution >= 4 is 35.3 Å². The first-order valence-corrected chi connectivity index (χ1v) is 9.07. The number of likely N-dealkylation sites (tertiary alicyclic amines) is 1. The molecule has 3 rings (SSSR count). The number of benzene rings is 1. The second-order valence-corrected chi connectivity index (χ2v) is 6.70. The number of halogens is 2. The van der Waals surface area contributed by atoms with Gasteiger partial charge in [-0.15, -0.1) is 12.4 Å². The molecule has 0 unspecified atom stereocenters. The molecule has 24 heavy (non-hydrogen) atoms. The van der Waals surface area contributed by atoms with E-state index in [1.807, 2.05) is 6.07 Å². The highest BCUT2D eigenvalue weighted by Gasteiger charge is 2.15. The van der Waals surface area contributed by atoms with Gasteiger partial charge in [-0.05, 0) is 55.5 Å². The van der Waals surface area contributed by atoms with Crippen molar-refractivity contribution in [3.63, 3.8) is 0 Å². The van der Waals surface area contributed by atoms with Crippen molar-refractivity contribution in [1.29, 1.82) is 0 Å². The van der Waals surface area contributed by atoms with Gasteiger partial charge in [-0.25, -0.2) is 0 Å². The van der Waals surface area contributed by atoms with Crippen LogP contribution in [0, 0.1) is 0 Å². The van der Waals surface area contributed by atoms with Crippen molar-refractivity contribution in [3.8, 4) is 0 Å². The molecule has 3 nitrogen and oxygen atoms in total. The van der Waals surface area contributed by atoms with Crippen LogP contribution in [-0.4, -0.2) is 37.4 Å². The third-order valence-electron chi connectivity index (χ3n) is 4.68. The van der Waals surface area contributed by atoms with E-state index >= 15 is 0 Å². The SMILES string of the molecule is Cl.ClC1=C(/C=N/OCCN2CCCCCC2)CCc2ccccc21. The van der Waals surface area contributed by atoms with Crippen molar-refractivity contribution in [2.24, 2.45) is 5.16 Å². The average molecular weight is 369 g/mol. The smallest absolute Gasteiger partial charge is 0.129 e. The average Bonchev–Trinajstić information content (AvgIpc) is 2.85. The van der Waals surface area contributed by atoms with E-state index in [2.05, 4.69) is 28.3 Å². The fourth-order valence-corrected chi connectivity index (χ4v) is 3.64. The van der Waals surface area contributed by atoms with E-state index in [1.165, 1.54) is 44.3 Å². The van der Waals surface area contributed by atoms with E-state index < -0.39 is 0 Å². The topological polar surface area (TPSA) is 24.8 Å².